The van der Waals surface area contributed by atoms with Gasteiger partial charge >= 0.3 is 0 Å². The second kappa shape index (κ2) is 5.69. The summed E-state index contributed by atoms with van der Waals surface area (Å²) in [6.07, 6.45) is 0. The van der Waals surface area contributed by atoms with Crippen LogP contribution in [0, 0.1) is 11.3 Å². The molecule has 90 valence electrons. The molecule has 0 heterocycles. The normalized spacial score (nSPS) is 13.6. The number of ether oxygens (including phenoxy) is 1. The van der Waals surface area contributed by atoms with E-state index in [4.69, 9.17) is 4.74 Å². The van der Waals surface area contributed by atoms with Crippen LogP contribution in [0.25, 0.3) is 0 Å². The fourth-order valence-electron chi connectivity index (χ4n) is 1.33. The average Bonchev–Trinajstić information content (AvgIpc) is 2.16. The zero-order valence-electron chi connectivity index (χ0n) is 10.0. The van der Waals surface area contributed by atoms with Gasteiger partial charge in [0, 0.05) is 17.0 Å². The first kappa shape index (κ1) is 13.5. The van der Waals surface area contributed by atoms with Gasteiger partial charge in [-0.05, 0) is 23.6 Å². The summed E-state index contributed by atoms with van der Waals surface area (Å²) in [5, 5.41) is 9.30. The van der Waals surface area contributed by atoms with Gasteiger partial charge in [-0.3, -0.25) is 0 Å². The van der Waals surface area contributed by atoms with Gasteiger partial charge in [-0.15, -0.1) is 0 Å². The highest BCUT2D eigenvalue weighted by Crippen LogP contribution is 2.26. The van der Waals surface area contributed by atoms with Crippen molar-refractivity contribution >= 4 is 15.9 Å². The van der Waals surface area contributed by atoms with Gasteiger partial charge in [0.15, 0.2) is 0 Å². The predicted molar refractivity (Wildman–Crippen MR) is 69.7 cm³/mol. The van der Waals surface area contributed by atoms with Gasteiger partial charge in [0.1, 0.15) is 5.75 Å². The van der Waals surface area contributed by atoms with Crippen molar-refractivity contribution < 1.29 is 9.84 Å². The second-order valence-electron chi connectivity index (χ2n) is 5.01. The van der Waals surface area contributed by atoms with Crippen molar-refractivity contribution in [3.63, 3.8) is 0 Å². The van der Waals surface area contributed by atoms with Crippen molar-refractivity contribution in [2.24, 2.45) is 11.3 Å². The quantitative estimate of drug-likeness (QED) is 0.918. The van der Waals surface area contributed by atoms with Crippen molar-refractivity contribution in [3.05, 3.63) is 28.7 Å². The fraction of sp³-hybridized carbons (Fsp3) is 0.538. The van der Waals surface area contributed by atoms with Crippen LogP contribution in [0.4, 0.5) is 0 Å². The van der Waals surface area contributed by atoms with E-state index in [0.29, 0.717) is 6.61 Å². The second-order valence-corrected chi connectivity index (χ2v) is 5.93. The molecule has 2 nitrogen and oxygen atoms in total. The molecule has 0 aromatic heterocycles. The Kier molecular flexibility index (Phi) is 4.81. The molecule has 1 unspecified atom stereocenters. The SMILES string of the molecule is CC(C)(C)C(CO)COc1cccc(Br)c1. The zero-order valence-corrected chi connectivity index (χ0v) is 11.6. The van der Waals surface area contributed by atoms with Crippen LogP contribution in [0.1, 0.15) is 20.8 Å². The molecule has 0 saturated carbocycles. The van der Waals surface area contributed by atoms with Crippen molar-refractivity contribution in [1.29, 1.82) is 0 Å². The summed E-state index contributed by atoms with van der Waals surface area (Å²) < 4.78 is 6.68. The molecule has 1 atom stereocenters. The molecule has 1 aromatic rings. The summed E-state index contributed by atoms with van der Waals surface area (Å²) in [6.45, 7) is 7.02. The Morgan fingerprint density at radius 1 is 1.38 bits per heavy atom. The maximum atomic E-state index is 9.30. The smallest absolute Gasteiger partial charge is 0.120 e. The van der Waals surface area contributed by atoms with Gasteiger partial charge in [0.2, 0.25) is 0 Å². The van der Waals surface area contributed by atoms with Crippen LogP contribution in [0.5, 0.6) is 5.75 Å². The Hall–Kier alpha value is -0.540. The van der Waals surface area contributed by atoms with Gasteiger partial charge in [-0.2, -0.15) is 0 Å². The first-order chi connectivity index (χ1) is 7.43. The molecule has 0 radical (unpaired) electrons. The first-order valence-corrected chi connectivity index (χ1v) is 6.22. The highest BCUT2D eigenvalue weighted by molar-refractivity contribution is 9.10. The number of hydrogen-bond acceptors (Lipinski definition) is 2. The number of benzene rings is 1. The van der Waals surface area contributed by atoms with Crippen LogP contribution in [0.15, 0.2) is 28.7 Å². The molecule has 1 aromatic carbocycles. The van der Waals surface area contributed by atoms with E-state index in [9.17, 15) is 5.11 Å². The van der Waals surface area contributed by atoms with Gasteiger partial charge in [0.05, 0.1) is 6.61 Å². The van der Waals surface area contributed by atoms with E-state index in [2.05, 4.69) is 36.7 Å². The van der Waals surface area contributed by atoms with Crippen molar-refractivity contribution in [3.8, 4) is 5.75 Å². The zero-order chi connectivity index (χ0) is 12.2. The molecule has 3 heteroatoms. The minimum atomic E-state index is 0.0563. The molecule has 0 aliphatic carbocycles. The third-order valence-corrected chi connectivity index (χ3v) is 3.19. The minimum absolute atomic E-state index is 0.0563. The van der Waals surface area contributed by atoms with Crippen LogP contribution < -0.4 is 4.74 Å². The molecule has 0 fully saturated rings. The lowest BCUT2D eigenvalue weighted by Gasteiger charge is -2.28. The standard InChI is InChI=1S/C13H19BrO2/c1-13(2,3)10(8-15)9-16-12-6-4-5-11(14)7-12/h4-7,10,15H,8-9H2,1-3H3. The van der Waals surface area contributed by atoms with Gasteiger partial charge < -0.3 is 9.84 Å². The third-order valence-electron chi connectivity index (χ3n) is 2.69. The fourth-order valence-corrected chi connectivity index (χ4v) is 1.71. The van der Waals surface area contributed by atoms with Crippen LogP contribution in [0.2, 0.25) is 0 Å². The molecule has 0 amide bonds. The molecule has 0 bridgehead atoms. The average molecular weight is 287 g/mol. The first-order valence-electron chi connectivity index (χ1n) is 5.42. The molecule has 0 spiro atoms. The maximum Gasteiger partial charge on any atom is 0.120 e. The van der Waals surface area contributed by atoms with Gasteiger partial charge in [0.25, 0.3) is 0 Å². The highest BCUT2D eigenvalue weighted by atomic mass is 79.9. The molecular formula is C13H19BrO2. The molecule has 0 saturated heterocycles. The number of halogens is 1. The monoisotopic (exact) mass is 286 g/mol. The number of aliphatic hydroxyl groups is 1. The van der Waals surface area contributed by atoms with Crippen LogP contribution in [-0.4, -0.2) is 18.3 Å². The Bertz CT molecular complexity index is 331. The largest absolute Gasteiger partial charge is 0.493 e. The maximum absolute atomic E-state index is 9.30. The lowest BCUT2D eigenvalue weighted by molar-refractivity contribution is 0.0818. The number of hydrogen-bond donors (Lipinski definition) is 1. The van der Waals surface area contributed by atoms with Crippen LogP contribution in [-0.2, 0) is 0 Å². The summed E-state index contributed by atoms with van der Waals surface area (Å²) in [5.41, 5.74) is 0.0563. The Balaban J connectivity index is 2.56. The summed E-state index contributed by atoms with van der Waals surface area (Å²) in [5.74, 6) is 0.976. The van der Waals surface area contributed by atoms with Gasteiger partial charge in [-0.1, -0.05) is 42.8 Å². The third kappa shape index (κ3) is 4.14. The van der Waals surface area contributed by atoms with Crippen LogP contribution >= 0.6 is 15.9 Å². The topological polar surface area (TPSA) is 29.5 Å². The molecular weight excluding hydrogens is 268 g/mol. The molecule has 0 aliphatic heterocycles. The number of rotatable bonds is 4. The molecule has 1 N–H and O–H groups in total. The minimum Gasteiger partial charge on any atom is -0.493 e. The van der Waals surface area contributed by atoms with Crippen LogP contribution in [0.3, 0.4) is 0 Å². The summed E-state index contributed by atoms with van der Waals surface area (Å²) in [6, 6.07) is 7.74. The molecule has 0 aliphatic rings. The van der Waals surface area contributed by atoms with E-state index in [1.807, 2.05) is 24.3 Å². The van der Waals surface area contributed by atoms with E-state index in [1.165, 1.54) is 0 Å². The predicted octanol–water partition coefficient (Wildman–Crippen LogP) is 3.48. The van der Waals surface area contributed by atoms with E-state index < -0.39 is 0 Å². The van der Waals surface area contributed by atoms with Gasteiger partial charge in [-0.25, -0.2) is 0 Å². The van der Waals surface area contributed by atoms with E-state index >= 15 is 0 Å². The Morgan fingerprint density at radius 2 is 2.06 bits per heavy atom. The highest BCUT2D eigenvalue weighted by Gasteiger charge is 2.24. The van der Waals surface area contributed by atoms with Crippen molar-refractivity contribution in [2.45, 2.75) is 20.8 Å². The molecule has 1 rings (SSSR count). The number of aliphatic hydroxyl groups excluding tert-OH is 1. The summed E-state index contributed by atoms with van der Waals surface area (Å²) in [4.78, 5) is 0. The van der Waals surface area contributed by atoms with Crippen molar-refractivity contribution in [1.82, 2.24) is 0 Å². The summed E-state index contributed by atoms with van der Waals surface area (Å²) in [7, 11) is 0. The Labute approximate surface area is 106 Å². The van der Waals surface area contributed by atoms with E-state index in [-0.39, 0.29) is 17.9 Å². The Morgan fingerprint density at radius 3 is 2.56 bits per heavy atom. The van der Waals surface area contributed by atoms with E-state index in [1.54, 1.807) is 0 Å². The summed E-state index contributed by atoms with van der Waals surface area (Å²) >= 11 is 3.40. The van der Waals surface area contributed by atoms with Crippen molar-refractivity contribution in [2.75, 3.05) is 13.2 Å². The lowest BCUT2D eigenvalue weighted by atomic mass is 9.82. The van der Waals surface area contributed by atoms with E-state index in [0.717, 1.165) is 10.2 Å². The lowest BCUT2D eigenvalue weighted by Crippen LogP contribution is -2.29. The molecule has 16 heavy (non-hydrogen) atoms.